The van der Waals surface area contributed by atoms with Gasteiger partial charge >= 0.3 is 0 Å². The molecule has 4 nitrogen and oxygen atoms in total. The number of benzene rings is 4. The summed E-state index contributed by atoms with van der Waals surface area (Å²) in [6.45, 7) is 0. The predicted octanol–water partition coefficient (Wildman–Crippen LogP) is 7.73. The number of nitrogens with one attached hydrogen (secondary N) is 1. The molecule has 0 aliphatic carbocycles. The first kappa shape index (κ1) is 20.0. The molecule has 2 heterocycles. The summed E-state index contributed by atoms with van der Waals surface area (Å²) in [6.07, 6.45) is 0. The minimum absolute atomic E-state index is 0.181. The fraction of sp³-hybridized carbons (Fsp3) is 0. The third-order valence-corrected chi connectivity index (χ3v) is 6.79. The van der Waals surface area contributed by atoms with E-state index in [9.17, 15) is 0 Å². The lowest BCUT2D eigenvalue weighted by molar-refractivity contribution is 1.07. The zero-order valence-electron chi connectivity index (χ0n) is 17.4. The summed E-state index contributed by atoms with van der Waals surface area (Å²) in [6, 6.07) is 32.8. The van der Waals surface area contributed by atoms with Gasteiger partial charge in [0.1, 0.15) is 0 Å². The quantitative estimate of drug-likeness (QED) is 0.290. The molecule has 0 saturated heterocycles. The van der Waals surface area contributed by atoms with Crippen molar-refractivity contribution in [1.82, 2.24) is 15.0 Å². The van der Waals surface area contributed by atoms with Crippen LogP contribution in [0.1, 0.15) is 0 Å². The van der Waals surface area contributed by atoms with Crippen LogP contribution in [-0.2, 0) is 0 Å². The van der Waals surface area contributed by atoms with Crippen molar-refractivity contribution in [2.75, 3.05) is 5.32 Å². The fourth-order valence-corrected chi connectivity index (χ4v) is 5.07. The Kier molecular flexibility index (Phi) is 5.06. The minimum Gasteiger partial charge on any atom is -0.353 e. The molecular formula is C27H17ClN4S. The smallest absolute Gasteiger partial charge is 0.226 e. The summed E-state index contributed by atoms with van der Waals surface area (Å²) in [5, 5.41) is 3.80. The van der Waals surface area contributed by atoms with Gasteiger partial charge in [0.05, 0.1) is 11.4 Å². The van der Waals surface area contributed by atoms with Gasteiger partial charge in [-0.1, -0.05) is 90.6 Å². The van der Waals surface area contributed by atoms with Crippen LogP contribution in [0.3, 0.4) is 0 Å². The second kappa shape index (κ2) is 8.35. The van der Waals surface area contributed by atoms with Gasteiger partial charge in [-0.2, -0.15) is 9.97 Å². The molecule has 1 N–H and O–H groups in total. The van der Waals surface area contributed by atoms with Crippen molar-refractivity contribution >= 4 is 34.7 Å². The van der Waals surface area contributed by atoms with Gasteiger partial charge in [-0.3, -0.25) is 0 Å². The van der Waals surface area contributed by atoms with Crippen molar-refractivity contribution in [3.05, 3.63) is 102 Å². The lowest BCUT2D eigenvalue weighted by Gasteiger charge is -2.23. The van der Waals surface area contributed by atoms with E-state index in [2.05, 4.69) is 74.9 Å². The molecule has 4 aromatic carbocycles. The number of hydrogen-bond donors (Lipinski definition) is 1. The normalized spacial score (nSPS) is 11.9. The lowest BCUT2D eigenvalue weighted by Crippen LogP contribution is -2.01. The molecule has 1 aromatic heterocycles. The molecule has 6 heteroatoms. The van der Waals surface area contributed by atoms with E-state index < -0.39 is 0 Å². The van der Waals surface area contributed by atoms with Crippen LogP contribution in [0, 0.1) is 0 Å². The molecular weight excluding hydrogens is 448 g/mol. The first-order valence-electron chi connectivity index (χ1n) is 10.5. The van der Waals surface area contributed by atoms with Gasteiger partial charge < -0.3 is 5.32 Å². The van der Waals surface area contributed by atoms with Crippen LogP contribution in [0.4, 0.5) is 11.4 Å². The third kappa shape index (κ3) is 3.86. The summed E-state index contributed by atoms with van der Waals surface area (Å²) in [4.78, 5) is 15.7. The van der Waals surface area contributed by atoms with Crippen molar-refractivity contribution in [2.45, 2.75) is 9.79 Å². The number of halogens is 1. The fourth-order valence-electron chi connectivity index (χ4n) is 3.89. The van der Waals surface area contributed by atoms with Crippen molar-refractivity contribution in [3.63, 3.8) is 0 Å². The Balaban J connectivity index is 1.35. The van der Waals surface area contributed by atoms with Gasteiger partial charge in [0.25, 0.3) is 0 Å². The van der Waals surface area contributed by atoms with E-state index in [-0.39, 0.29) is 5.28 Å². The van der Waals surface area contributed by atoms with Crippen LogP contribution in [0.15, 0.2) is 107 Å². The largest absolute Gasteiger partial charge is 0.353 e. The molecule has 0 fully saturated rings. The number of aromatic nitrogens is 3. The number of hydrogen-bond acceptors (Lipinski definition) is 5. The highest BCUT2D eigenvalue weighted by Crippen LogP contribution is 2.47. The van der Waals surface area contributed by atoms with E-state index in [1.807, 2.05) is 42.5 Å². The topological polar surface area (TPSA) is 50.7 Å². The molecule has 5 aromatic rings. The SMILES string of the molecule is Clc1nc(-c2ccccc2)nc(-c2ccc(-c3cccc4c3Nc3ccccc3S4)cc2)n1. The van der Waals surface area contributed by atoms with E-state index in [1.54, 1.807) is 11.8 Å². The van der Waals surface area contributed by atoms with Crippen LogP contribution in [0.2, 0.25) is 5.28 Å². The Bertz CT molecular complexity index is 1470. The minimum atomic E-state index is 0.181. The highest BCUT2D eigenvalue weighted by atomic mass is 35.5. The van der Waals surface area contributed by atoms with Gasteiger partial charge in [0, 0.05) is 26.5 Å². The number of para-hydroxylation sites is 2. The Morgan fingerprint density at radius 3 is 2.00 bits per heavy atom. The van der Waals surface area contributed by atoms with Gasteiger partial charge in [0.15, 0.2) is 11.6 Å². The first-order chi connectivity index (χ1) is 16.2. The molecule has 0 atom stereocenters. The average Bonchev–Trinajstić information content (AvgIpc) is 2.87. The Morgan fingerprint density at radius 2 is 1.21 bits per heavy atom. The van der Waals surface area contributed by atoms with E-state index in [0.717, 1.165) is 33.6 Å². The molecule has 0 saturated carbocycles. The monoisotopic (exact) mass is 464 g/mol. The van der Waals surface area contributed by atoms with Crippen molar-refractivity contribution < 1.29 is 0 Å². The van der Waals surface area contributed by atoms with Gasteiger partial charge in [-0.05, 0) is 35.4 Å². The average molecular weight is 465 g/mol. The zero-order valence-corrected chi connectivity index (χ0v) is 18.9. The molecule has 0 radical (unpaired) electrons. The lowest BCUT2D eigenvalue weighted by atomic mass is 10.0. The van der Waals surface area contributed by atoms with E-state index in [0.29, 0.717) is 11.6 Å². The molecule has 0 bridgehead atoms. The number of fused-ring (bicyclic) bond motifs is 2. The molecule has 6 rings (SSSR count). The van der Waals surface area contributed by atoms with E-state index in [1.165, 1.54) is 9.79 Å². The second-order valence-electron chi connectivity index (χ2n) is 7.60. The molecule has 0 unspecified atom stereocenters. The van der Waals surface area contributed by atoms with Crippen molar-refractivity contribution in [2.24, 2.45) is 0 Å². The maximum atomic E-state index is 6.22. The molecule has 33 heavy (non-hydrogen) atoms. The predicted molar refractivity (Wildman–Crippen MR) is 135 cm³/mol. The Morgan fingerprint density at radius 1 is 0.576 bits per heavy atom. The summed E-state index contributed by atoms with van der Waals surface area (Å²) in [7, 11) is 0. The van der Waals surface area contributed by atoms with Crippen LogP contribution in [0.5, 0.6) is 0 Å². The number of nitrogens with zero attached hydrogens (tertiary/aromatic N) is 3. The maximum absolute atomic E-state index is 6.22. The van der Waals surface area contributed by atoms with E-state index >= 15 is 0 Å². The highest BCUT2D eigenvalue weighted by Gasteiger charge is 2.19. The number of anilines is 2. The van der Waals surface area contributed by atoms with Crippen molar-refractivity contribution in [3.8, 4) is 33.9 Å². The Hall–Kier alpha value is -3.67. The summed E-state index contributed by atoms with van der Waals surface area (Å²) in [5.41, 5.74) is 6.32. The van der Waals surface area contributed by atoms with Gasteiger partial charge in [-0.15, -0.1) is 0 Å². The van der Waals surface area contributed by atoms with Crippen LogP contribution in [0.25, 0.3) is 33.9 Å². The van der Waals surface area contributed by atoms with Gasteiger partial charge in [-0.25, -0.2) is 4.98 Å². The molecule has 0 amide bonds. The highest BCUT2D eigenvalue weighted by molar-refractivity contribution is 7.99. The molecule has 0 spiro atoms. The van der Waals surface area contributed by atoms with Crippen LogP contribution >= 0.6 is 23.4 Å². The summed E-state index contributed by atoms with van der Waals surface area (Å²) < 4.78 is 0. The Labute approximate surface area is 200 Å². The molecule has 1 aliphatic heterocycles. The van der Waals surface area contributed by atoms with Crippen LogP contribution in [-0.4, -0.2) is 15.0 Å². The first-order valence-corrected chi connectivity index (χ1v) is 11.7. The van der Waals surface area contributed by atoms with Crippen LogP contribution < -0.4 is 5.32 Å². The summed E-state index contributed by atoms with van der Waals surface area (Å²) >= 11 is 8.01. The molecule has 158 valence electrons. The zero-order chi connectivity index (χ0) is 22.2. The van der Waals surface area contributed by atoms with Crippen molar-refractivity contribution in [1.29, 1.82) is 0 Å². The maximum Gasteiger partial charge on any atom is 0.226 e. The second-order valence-corrected chi connectivity index (χ2v) is 9.02. The van der Waals surface area contributed by atoms with Gasteiger partial charge in [0.2, 0.25) is 5.28 Å². The number of rotatable bonds is 3. The third-order valence-electron chi connectivity index (χ3n) is 5.49. The van der Waals surface area contributed by atoms with E-state index in [4.69, 9.17) is 11.6 Å². The standard InChI is InChI=1S/C27H17ClN4S/c28-27-31-25(18-7-2-1-3-8-18)30-26(32-27)19-15-13-17(14-16-19)20-9-6-12-23-24(20)29-21-10-4-5-11-22(21)33-23/h1-16,29H. The summed E-state index contributed by atoms with van der Waals surface area (Å²) in [5.74, 6) is 1.12. The molecule has 1 aliphatic rings.